The molecule has 1 aromatic rings. The molecular formula is C12H20ClN3O4S2. The van der Waals surface area contributed by atoms with Gasteiger partial charge in [-0.05, 0) is 25.0 Å². The summed E-state index contributed by atoms with van der Waals surface area (Å²) >= 11 is 0. The molecule has 0 saturated heterocycles. The lowest BCUT2D eigenvalue weighted by atomic mass is 10.0. The van der Waals surface area contributed by atoms with Gasteiger partial charge in [0.15, 0.2) is 14.9 Å². The van der Waals surface area contributed by atoms with Crippen molar-refractivity contribution in [3.05, 3.63) is 18.3 Å². The fourth-order valence-corrected chi connectivity index (χ4v) is 4.46. The molecular weight excluding hydrogens is 350 g/mol. The van der Waals surface area contributed by atoms with Crippen LogP contribution >= 0.6 is 12.4 Å². The molecule has 0 aromatic carbocycles. The molecule has 1 aromatic heterocycles. The maximum atomic E-state index is 12.4. The number of nitrogens with two attached hydrogens (primary N) is 1. The topological polar surface area (TPSA) is 119 Å². The minimum absolute atomic E-state index is 0. The standard InChI is InChI=1S/C12H19N3O4S2.ClH/c1-20(16,17)11-5-4-10(8-14-11)21(18,19)15-12(9-13)6-2-3-7-12;/h4-5,8,15H,2-3,6-7,9,13H2,1H3;1H. The number of halogens is 1. The first-order valence-corrected chi connectivity index (χ1v) is 9.96. The number of aromatic nitrogens is 1. The van der Waals surface area contributed by atoms with E-state index in [1.54, 1.807) is 0 Å². The zero-order valence-corrected chi connectivity index (χ0v) is 14.6. The molecule has 1 saturated carbocycles. The predicted octanol–water partition coefficient (Wildman–Crippen LogP) is 0.457. The Balaban J connectivity index is 0.00000242. The van der Waals surface area contributed by atoms with Crippen molar-refractivity contribution in [2.24, 2.45) is 5.73 Å². The second-order valence-corrected chi connectivity index (χ2v) is 9.05. The third-order valence-electron chi connectivity index (χ3n) is 3.70. The molecule has 0 bridgehead atoms. The van der Waals surface area contributed by atoms with Gasteiger partial charge in [-0.2, -0.15) is 0 Å². The minimum atomic E-state index is -3.76. The van der Waals surface area contributed by atoms with Crippen LogP contribution in [-0.4, -0.2) is 40.2 Å². The van der Waals surface area contributed by atoms with E-state index in [4.69, 9.17) is 5.73 Å². The number of hydrogen-bond acceptors (Lipinski definition) is 6. The summed E-state index contributed by atoms with van der Waals surface area (Å²) in [5.74, 6) is 0. The van der Waals surface area contributed by atoms with E-state index in [0.717, 1.165) is 25.3 Å². The fourth-order valence-electron chi connectivity index (χ4n) is 2.49. The van der Waals surface area contributed by atoms with Crippen molar-refractivity contribution in [1.29, 1.82) is 0 Å². The van der Waals surface area contributed by atoms with Crippen LogP contribution in [0.5, 0.6) is 0 Å². The van der Waals surface area contributed by atoms with Crippen LogP contribution in [0.1, 0.15) is 25.7 Å². The lowest BCUT2D eigenvalue weighted by Crippen LogP contribution is -2.51. The molecule has 1 aliphatic carbocycles. The van der Waals surface area contributed by atoms with Crippen molar-refractivity contribution in [2.45, 2.75) is 41.1 Å². The molecule has 0 radical (unpaired) electrons. The lowest BCUT2D eigenvalue weighted by molar-refractivity contribution is 0.399. The van der Waals surface area contributed by atoms with Gasteiger partial charge in [0.2, 0.25) is 10.0 Å². The number of hydrogen-bond donors (Lipinski definition) is 2. The van der Waals surface area contributed by atoms with Crippen LogP contribution in [0, 0.1) is 0 Å². The highest BCUT2D eigenvalue weighted by Gasteiger charge is 2.36. The fraction of sp³-hybridized carbons (Fsp3) is 0.583. The molecule has 1 aliphatic rings. The van der Waals surface area contributed by atoms with Crippen molar-refractivity contribution in [3.8, 4) is 0 Å². The SMILES string of the molecule is CS(=O)(=O)c1ccc(S(=O)(=O)NC2(CN)CCCC2)cn1.Cl. The summed E-state index contributed by atoms with van der Waals surface area (Å²) in [4.78, 5) is 3.64. The zero-order chi connectivity index (χ0) is 15.7. The normalized spacial score (nSPS) is 17.9. The Morgan fingerprint density at radius 1 is 1.23 bits per heavy atom. The maximum Gasteiger partial charge on any atom is 0.242 e. The van der Waals surface area contributed by atoms with Gasteiger partial charge in [-0.15, -0.1) is 12.4 Å². The average Bonchev–Trinajstić information content (AvgIpc) is 2.86. The highest BCUT2D eigenvalue weighted by molar-refractivity contribution is 7.90. The summed E-state index contributed by atoms with van der Waals surface area (Å²) in [5, 5.41) is -0.157. The Hall–Kier alpha value is -0.740. The molecule has 7 nitrogen and oxygen atoms in total. The van der Waals surface area contributed by atoms with E-state index >= 15 is 0 Å². The monoisotopic (exact) mass is 369 g/mol. The van der Waals surface area contributed by atoms with Gasteiger partial charge in [-0.3, -0.25) is 0 Å². The molecule has 0 unspecified atom stereocenters. The highest BCUT2D eigenvalue weighted by Crippen LogP contribution is 2.30. The summed E-state index contributed by atoms with van der Waals surface area (Å²) in [6.07, 6.45) is 5.35. The van der Waals surface area contributed by atoms with Crippen LogP contribution in [0.25, 0.3) is 0 Å². The first kappa shape index (κ1) is 19.3. The first-order chi connectivity index (χ1) is 9.69. The number of rotatable bonds is 5. The van der Waals surface area contributed by atoms with Crippen LogP contribution < -0.4 is 10.5 Å². The molecule has 10 heteroatoms. The number of sulfone groups is 1. The summed E-state index contributed by atoms with van der Waals surface area (Å²) in [6, 6.07) is 2.43. The number of nitrogens with one attached hydrogen (secondary N) is 1. The predicted molar refractivity (Wildman–Crippen MR) is 85.2 cm³/mol. The highest BCUT2D eigenvalue weighted by atomic mass is 35.5. The Morgan fingerprint density at radius 3 is 2.23 bits per heavy atom. The molecule has 0 amide bonds. The summed E-state index contributed by atoms with van der Waals surface area (Å²) in [5.41, 5.74) is 5.11. The van der Waals surface area contributed by atoms with E-state index < -0.39 is 25.4 Å². The van der Waals surface area contributed by atoms with Crippen LogP contribution in [0.15, 0.2) is 28.3 Å². The van der Waals surface area contributed by atoms with Crippen LogP contribution in [0.3, 0.4) is 0 Å². The van der Waals surface area contributed by atoms with Gasteiger partial charge in [0.05, 0.1) is 0 Å². The van der Waals surface area contributed by atoms with Crippen molar-refractivity contribution in [1.82, 2.24) is 9.71 Å². The Bertz CT molecular complexity index is 711. The minimum Gasteiger partial charge on any atom is -0.329 e. The smallest absolute Gasteiger partial charge is 0.242 e. The van der Waals surface area contributed by atoms with Gasteiger partial charge >= 0.3 is 0 Å². The molecule has 126 valence electrons. The largest absolute Gasteiger partial charge is 0.329 e. The average molecular weight is 370 g/mol. The van der Waals surface area contributed by atoms with Gasteiger partial charge in [0.1, 0.15) is 4.90 Å². The van der Waals surface area contributed by atoms with Crippen LogP contribution in [-0.2, 0) is 19.9 Å². The molecule has 0 aliphatic heterocycles. The molecule has 3 N–H and O–H groups in total. The number of sulfonamides is 1. The van der Waals surface area contributed by atoms with E-state index in [1.165, 1.54) is 12.1 Å². The van der Waals surface area contributed by atoms with Gasteiger partial charge < -0.3 is 5.73 Å². The lowest BCUT2D eigenvalue weighted by Gasteiger charge is -2.28. The van der Waals surface area contributed by atoms with E-state index in [9.17, 15) is 16.8 Å². The van der Waals surface area contributed by atoms with E-state index in [0.29, 0.717) is 12.8 Å². The Morgan fingerprint density at radius 2 is 1.82 bits per heavy atom. The second-order valence-electron chi connectivity index (χ2n) is 5.40. The first-order valence-electron chi connectivity index (χ1n) is 6.59. The summed E-state index contributed by atoms with van der Waals surface area (Å²) < 4.78 is 50.0. The summed E-state index contributed by atoms with van der Waals surface area (Å²) in [7, 11) is -7.21. The van der Waals surface area contributed by atoms with E-state index in [1.807, 2.05) is 0 Å². The Kier molecular flexibility index (Phi) is 5.96. The molecule has 2 rings (SSSR count). The summed E-state index contributed by atoms with van der Waals surface area (Å²) in [6.45, 7) is 0.237. The van der Waals surface area contributed by atoms with Crippen molar-refractivity contribution >= 4 is 32.3 Å². The maximum absolute atomic E-state index is 12.4. The molecule has 0 atom stereocenters. The van der Waals surface area contributed by atoms with Gasteiger partial charge in [-0.25, -0.2) is 26.5 Å². The quantitative estimate of drug-likeness (QED) is 0.777. The molecule has 1 fully saturated rings. The van der Waals surface area contributed by atoms with Crippen molar-refractivity contribution < 1.29 is 16.8 Å². The van der Waals surface area contributed by atoms with E-state index in [-0.39, 0.29) is 28.9 Å². The van der Waals surface area contributed by atoms with Crippen LogP contribution in [0.2, 0.25) is 0 Å². The van der Waals surface area contributed by atoms with Gasteiger partial charge in [0, 0.05) is 24.5 Å². The number of nitrogens with zero attached hydrogens (tertiary/aromatic N) is 1. The zero-order valence-electron chi connectivity index (χ0n) is 12.1. The van der Waals surface area contributed by atoms with Gasteiger partial charge in [0.25, 0.3) is 0 Å². The number of pyridine rings is 1. The Labute approximate surface area is 137 Å². The third kappa shape index (κ3) is 4.17. The molecule has 22 heavy (non-hydrogen) atoms. The second kappa shape index (κ2) is 6.79. The van der Waals surface area contributed by atoms with Gasteiger partial charge in [-0.1, -0.05) is 12.8 Å². The molecule has 0 spiro atoms. The van der Waals surface area contributed by atoms with Crippen molar-refractivity contribution in [3.63, 3.8) is 0 Å². The van der Waals surface area contributed by atoms with Crippen LogP contribution in [0.4, 0.5) is 0 Å². The van der Waals surface area contributed by atoms with E-state index in [2.05, 4.69) is 9.71 Å². The van der Waals surface area contributed by atoms with Crippen molar-refractivity contribution in [2.75, 3.05) is 12.8 Å². The molecule has 1 heterocycles. The third-order valence-corrected chi connectivity index (χ3v) is 6.27.